The van der Waals surface area contributed by atoms with E-state index in [1.54, 1.807) is 35.1 Å². The molecule has 25 heavy (non-hydrogen) atoms. The van der Waals surface area contributed by atoms with Crippen molar-refractivity contribution in [3.8, 4) is 11.3 Å². The maximum absolute atomic E-state index is 13.0. The number of amides is 2. The monoisotopic (exact) mass is 345 g/mol. The van der Waals surface area contributed by atoms with E-state index >= 15 is 0 Å². The summed E-state index contributed by atoms with van der Waals surface area (Å²) in [4.78, 5) is 31.3. The van der Waals surface area contributed by atoms with Crippen molar-refractivity contribution in [2.75, 3.05) is 26.2 Å². The number of oxazole rings is 1. The zero-order chi connectivity index (χ0) is 17.8. The Morgan fingerprint density at radius 3 is 2.40 bits per heavy atom. The maximum Gasteiger partial charge on any atom is 0.223 e. The molecule has 1 aromatic carbocycles. The highest BCUT2D eigenvalue weighted by Gasteiger charge is 2.22. The first kappa shape index (κ1) is 17.1. The molecule has 2 aromatic rings. The highest BCUT2D eigenvalue weighted by molar-refractivity contribution is 5.77. The quantitative estimate of drug-likeness (QED) is 0.851. The molecule has 1 aromatic heterocycles. The summed E-state index contributed by atoms with van der Waals surface area (Å²) in [6.07, 6.45) is 2.30. The van der Waals surface area contributed by atoms with E-state index in [1.807, 2.05) is 0 Å². The number of hydrogen-bond acceptors (Lipinski definition) is 4. The number of aromatic nitrogens is 1. The molecule has 132 valence electrons. The Kier molecular flexibility index (Phi) is 5.11. The fourth-order valence-corrected chi connectivity index (χ4v) is 2.82. The molecule has 0 N–H and O–H groups in total. The van der Waals surface area contributed by atoms with Crippen LogP contribution >= 0.6 is 0 Å². The van der Waals surface area contributed by atoms with E-state index in [0.29, 0.717) is 50.7 Å². The molecule has 0 radical (unpaired) electrons. The lowest BCUT2D eigenvalue weighted by Crippen LogP contribution is -2.50. The number of carbonyl (C=O) groups excluding carboxylic acids is 2. The van der Waals surface area contributed by atoms with E-state index in [0.717, 1.165) is 5.56 Å². The summed E-state index contributed by atoms with van der Waals surface area (Å²) in [5.41, 5.74) is 0.742. The van der Waals surface area contributed by atoms with Gasteiger partial charge in [0.25, 0.3) is 0 Å². The number of benzene rings is 1. The van der Waals surface area contributed by atoms with Crippen LogP contribution < -0.4 is 0 Å². The van der Waals surface area contributed by atoms with Crippen LogP contribution in [-0.2, 0) is 16.0 Å². The third-order valence-corrected chi connectivity index (χ3v) is 4.31. The summed E-state index contributed by atoms with van der Waals surface area (Å²) in [5.74, 6) is 0.802. The molecule has 1 saturated heterocycles. The summed E-state index contributed by atoms with van der Waals surface area (Å²) in [7, 11) is 0. The second kappa shape index (κ2) is 7.46. The Labute approximate surface area is 145 Å². The number of hydrogen-bond donors (Lipinski definition) is 0. The standard InChI is InChI=1S/C18H20FN3O3/c1-13(23)21-8-10-22(11-9-21)18(24)7-6-17-20-12-16(25-17)14-2-4-15(19)5-3-14/h2-5,12H,6-11H2,1H3. The van der Waals surface area contributed by atoms with Crippen molar-refractivity contribution < 1.29 is 18.4 Å². The van der Waals surface area contributed by atoms with Crippen molar-refractivity contribution in [2.45, 2.75) is 19.8 Å². The normalized spacial score (nSPS) is 14.6. The molecule has 6 nitrogen and oxygen atoms in total. The number of piperazine rings is 1. The second-order valence-corrected chi connectivity index (χ2v) is 6.01. The van der Waals surface area contributed by atoms with Crippen molar-refractivity contribution in [3.05, 3.63) is 42.2 Å². The van der Waals surface area contributed by atoms with Crippen LogP contribution in [0.15, 0.2) is 34.9 Å². The first-order valence-corrected chi connectivity index (χ1v) is 8.27. The van der Waals surface area contributed by atoms with Crippen LogP contribution in [0.5, 0.6) is 0 Å². The summed E-state index contributed by atoms with van der Waals surface area (Å²) >= 11 is 0. The second-order valence-electron chi connectivity index (χ2n) is 6.01. The van der Waals surface area contributed by atoms with Gasteiger partial charge >= 0.3 is 0 Å². The number of carbonyl (C=O) groups is 2. The van der Waals surface area contributed by atoms with E-state index in [-0.39, 0.29) is 17.6 Å². The molecule has 0 atom stereocenters. The zero-order valence-electron chi connectivity index (χ0n) is 14.1. The van der Waals surface area contributed by atoms with Crippen molar-refractivity contribution in [2.24, 2.45) is 0 Å². The average Bonchev–Trinajstić information content (AvgIpc) is 3.09. The molecular weight excluding hydrogens is 325 g/mol. The first-order chi connectivity index (χ1) is 12.0. The van der Waals surface area contributed by atoms with Gasteiger partial charge in [0, 0.05) is 51.5 Å². The lowest BCUT2D eigenvalue weighted by molar-refractivity contribution is -0.138. The lowest BCUT2D eigenvalue weighted by atomic mass is 10.2. The van der Waals surface area contributed by atoms with E-state index in [1.165, 1.54) is 12.1 Å². The van der Waals surface area contributed by atoms with Gasteiger partial charge in [-0.3, -0.25) is 9.59 Å². The Morgan fingerprint density at radius 2 is 1.76 bits per heavy atom. The Balaban J connectivity index is 1.51. The molecule has 2 amide bonds. The van der Waals surface area contributed by atoms with Crippen LogP contribution in [-0.4, -0.2) is 52.8 Å². The molecular formula is C18H20FN3O3. The van der Waals surface area contributed by atoms with Gasteiger partial charge in [0.05, 0.1) is 6.20 Å². The van der Waals surface area contributed by atoms with Gasteiger partial charge in [0.15, 0.2) is 11.7 Å². The van der Waals surface area contributed by atoms with Crippen LogP contribution in [0.3, 0.4) is 0 Å². The van der Waals surface area contributed by atoms with E-state index in [9.17, 15) is 14.0 Å². The molecule has 2 heterocycles. The molecule has 0 spiro atoms. The molecule has 1 aliphatic heterocycles. The molecule has 0 unspecified atom stereocenters. The molecule has 0 bridgehead atoms. The van der Waals surface area contributed by atoms with Crippen molar-refractivity contribution in [1.29, 1.82) is 0 Å². The van der Waals surface area contributed by atoms with E-state index in [2.05, 4.69) is 4.98 Å². The molecule has 3 rings (SSSR count). The predicted molar refractivity (Wildman–Crippen MR) is 89.1 cm³/mol. The van der Waals surface area contributed by atoms with E-state index in [4.69, 9.17) is 4.42 Å². The topological polar surface area (TPSA) is 66.7 Å². The van der Waals surface area contributed by atoms with Gasteiger partial charge in [-0.25, -0.2) is 9.37 Å². The number of halogens is 1. The number of aryl methyl sites for hydroxylation is 1. The van der Waals surface area contributed by atoms with Crippen LogP contribution in [0.25, 0.3) is 11.3 Å². The van der Waals surface area contributed by atoms with Crippen LogP contribution in [0, 0.1) is 5.82 Å². The predicted octanol–water partition coefficient (Wildman–Crippen LogP) is 2.10. The van der Waals surface area contributed by atoms with Crippen LogP contribution in [0.4, 0.5) is 4.39 Å². The number of rotatable bonds is 4. The Bertz CT molecular complexity index is 749. The van der Waals surface area contributed by atoms with Gasteiger partial charge in [0.1, 0.15) is 5.82 Å². The molecule has 0 aliphatic carbocycles. The SMILES string of the molecule is CC(=O)N1CCN(C(=O)CCc2ncc(-c3ccc(F)cc3)o2)CC1. The molecule has 1 fully saturated rings. The first-order valence-electron chi connectivity index (χ1n) is 8.27. The van der Waals surface area contributed by atoms with E-state index < -0.39 is 0 Å². The van der Waals surface area contributed by atoms with Gasteiger partial charge in [-0.1, -0.05) is 0 Å². The minimum Gasteiger partial charge on any atom is -0.441 e. The lowest BCUT2D eigenvalue weighted by Gasteiger charge is -2.34. The largest absolute Gasteiger partial charge is 0.441 e. The summed E-state index contributed by atoms with van der Waals surface area (Å²) in [5, 5.41) is 0. The smallest absolute Gasteiger partial charge is 0.223 e. The average molecular weight is 345 g/mol. The van der Waals surface area contributed by atoms with Gasteiger partial charge in [-0.05, 0) is 24.3 Å². The fourth-order valence-electron chi connectivity index (χ4n) is 2.82. The summed E-state index contributed by atoms with van der Waals surface area (Å²) in [6, 6.07) is 5.97. The number of nitrogens with zero attached hydrogens (tertiary/aromatic N) is 3. The van der Waals surface area contributed by atoms with Crippen molar-refractivity contribution in [1.82, 2.24) is 14.8 Å². The minimum atomic E-state index is -0.307. The summed E-state index contributed by atoms with van der Waals surface area (Å²) < 4.78 is 18.6. The Morgan fingerprint density at radius 1 is 1.12 bits per heavy atom. The highest BCUT2D eigenvalue weighted by atomic mass is 19.1. The highest BCUT2D eigenvalue weighted by Crippen LogP contribution is 2.21. The van der Waals surface area contributed by atoms with Crippen LogP contribution in [0.1, 0.15) is 19.2 Å². The van der Waals surface area contributed by atoms with Gasteiger partial charge in [-0.2, -0.15) is 0 Å². The zero-order valence-corrected chi connectivity index (χ0v) is 14.1. The Hall–Kier alpha value is -2.70. The maximum atomic E-state index is 13.0. The van der Waals surface area contributed by atoms with Crippen molar-refractivity contribution in [3.63, 3.8) is 0 Å². The summed E-state index contributed by atoms with van der Waals surface area (Å²) in [6.45, 7) is 3.82. The molecule has 7 heteroatoms. The third-order valence-electron chi connectivity index (χ3n) is 4.31. The van der Waals surface area contributed by atoms with Crippen molar-refractivity contribution >= 4 is 11.8 Å². The van der Waals surface area contributed by atoms with Gasteiger partial charge in [0.2, 0.25) is 11.8 Å². The minimum absolute atomic E-state index is 0.0322. The van der Waals surface area contributed by atoms with Gasteiger partial charge in [-0.15, -0.1) is 0 Å². The van der Waals surface area contributed by atoms with Crippen LogP contribution in [0.2, 0.25) is 0 Å². The fraction of sp³-hybridized carbons (Fsp3) is 0.389. The molecule has 0 saturated carbocycles. The molecule has 1 aliphatic rings. The van der Waals surface area contributed by atoms with Gasteiger partial charge < -0.3 is 14.2 Å². The third kappa shape index (κ3) is 4.23.